The summed E-state index contributed by atoms with van der Waals surface area (Å²) in [6.45, 7) is 1.75. The van der Waals surface area contributed by atoms with Crippen molar-refractivity contribution in [3.05, 3.63) is 35.0 Å². The van der Waals surface area contributed by atoms with E-state index < -0.39 is 11.7 Å². The summed E-state index contributed by atoms with van der Waals surface area (Å²) in [7, 11) is 0. The van der Waals surface area contributed by atoms with Gasteiger partial charge >= 0.3 is 6.18 Å². The van der Waals surface area contributed by atoms with Gasteiger partial charge in [0.15, 0.2) is 5.82 Å². The summed E-state index contributed by atoms with van der Waals surface area (Å²) in [6, 6.07) is 3.06. The summed E-state index contributed by atoms with van der Waals surface area (Å²) in [6.07, 6.45) is 1.62. The van der Waals surface area contributed by atoms with Gasteiger partial charge in [-0.1, -0.05) is 24.4 Å². The monoisotopic (exact) mass is 371 g/mol. The molecule has 1 saturated heterocycles. The molecule has 0 atom stereocenters. The zero-order valence-corrected chi connectivity index (χ0v) is 14.1. The fraction of sp³-hybridized carbons (Fsp3) is 0.438. The predicted octanol–water partition coefficient (Wildman–Crippen LogP) is 4.67. The number of hydrogen-bond donors (Lipinski definition) is 1. The fourth-order valence-electron chi connectivity index (χ4n) is 2.72. The Morgan fingerprint density at radius 3 is 2.48 bits per heavy atom. The van der Waals surface area contributed by atoms with Crippen molar-refractivity contribution in [3.63, 3.8) is 0 Å². The summed E-state index contributed by atoms with van der Waals surface area (Å²) in [5, 5.41) is 10.6. The average molecular weight is 372 g/mol. The molecular weight excluding hydrogens is 355 g/mol. The zero-order valence-electron chi connectivity index (χ0n) is 13.4. The van der Waals surface area contributed by atoms with Crippen LogP contribution < -0.4 is 10.2 Å². The molecule has 1 aromatic heterocycles. The van der Waals surface area contributed by atoms with Crippen molar-refractivity contribution in [2.75, 3.05) is 23.3 Å². The molecule has 1 aliphatic rings. The Bertz CT molecular complexity index is 730. The van der Waals surface area contributed by atoms with E-state index in [0.717, 1.165) is 38.1 Å². The Labute approximate surface area is 148 Å². The number of halogens is 4. The molecule has 9 heteroatoms. The number of rotatable bonds is 3. The highest BCUT2D eigenvalue weighted by Gasteiger charge is 2.31. The third-order valence-corrected chi connectivity index (χ3v) is 4.35. The SMILES string of the molecule is FC(F)(F)c1ccc(Cl)c(Nc2nncc(N3CCCCCC3)n2)c1. The molecule has 1 N–H and O–H groups in total. The van der Waals surface area contributed by atoms with Gasteiger partial charge < -0.3 is 10.2 Å². The van der Waals surface area contributed by atoms with Crippen LogP contribution in [0.25, 0.3) is 0 Å². The molecular formula is C16H17ClF3N5. The number of nitrogens with one attached hydrogen (secondary N) is 1. The molecule has 0 aliphatic carbocycles. The standard InChI is InChI=1S/C16H17ClF3N5/c17-12-6-5-11(16(18,19)20)9-13(12)22-15-23-14(10-21-24-15)25-7-3-1-2-4-8-25/h5-6,9-10H,1-4,7-8H2,(H,22,23,24). The van der Waals surface area contributed by atoms with Gasteiger partial charge in [-0.05, 0) is 31.0 Å². The number of benzene rings is 1. The highest BCUT2D eigenvalue weighted by Crippen LogP contribution is 2.34. The van der Waals surface area contributed by atoms with Crippen molar-refractivity contribution >= 4 is 29.1 Å². The maximum atomic E-state index is 12.9. The van der Waals surface area contributed by atoms with Gasteiger partial charge in [0.2, 0.25) is 5.95 Å². The van der Waals surface area contributed by atoms with E-state index in [1.807, 2.05) is 0 Å². The van der Waals surface area contributed by atoms with Gasteiger partial charge in [-0.15, -0.1) is 5.10 Å². The van der Waals surface area contributed by atoms with Crippen LogP contribution in [0.15, 0.2) is 24.4 Å². The van der Waals surface area contributed by atoms with Crippen LogP contribution in [0.3, 0.4) is 0 Å². The number of alkyl halides is 3. The molecule has 2 heterocycles. The zero-order chi connectivity index (χ0) is 17.9. The highest BCUT2D eigenvalue weighted by atomic mass is 35.5. The lowest BCUT2D eigenvalue weighted by Gasteiger charge is -2.21. The van der Waals surface area contributed by atoms with Gasteiger partial charge in [0.1, 0.15) is 0 Å². The first-order chi connectivity index (χ1) is 11.9. The third-order valence-electron chi connectivity index (χ3n) is 4.02. The number of anilines is 3. The van der Waals surface area contributed by atoms with E-state index in [1.54, 1.807) is 6.20 Å². The highest BCUT2D eigenvalue weighted by molar-refractivity contribution is 6.33. The van der Waals surface area contributed by atoms with Gasteiger partial charge in [-0.2, -0.15) is 23.3 Å². The van der Waals surface area contributed by atoms with Crippen LogP contribution in [-0.4, -0.2) is 28.3 Å². The van der Waals surface area contributed by atoms with Crippen LogP contribution in [0, 0.1) is 0 Å². The Morgan fingerprint density at radius 2 is 1.80 bits per heavy atom. The number of aromatic nitrogens is 3. The van der Waals surface area contributed by atoms with Crippen molar-refractivity contribution in [2.45, 2.75) is 31.9 Å². The Morgan fingerprint density at radius 1 is 1.08 bits per heavy atom. The molecule has 134 valence electrons. The van der Waals surface area contributed by atoms with Gasteiger partial charge in [0.05, 0.1) is 22.5 Å². The summed E-state index contributed by atoms with van der Waals surface area (Å²) < 4.78 is 38.6. The topological polar surface area (TPSA) is 53.9 Å². The van der Waals surface area contributed by atoms with E-state index in [-0.39, 0.29) is 16.7 Å². The van der Waals surface area contributed by atoms with E-state index in [4.69, 9.17) is 11.6 Å². The van der Waals surface area contributed by atoms with Crippen LogP contribution in [0.4, 0.5) is 30.6 Å². The molecule has 0 saturated carbocycles. The minimum atomic E-state index is -4.45. The lowest BCUT2D eigenvalue weighted by molar-refractivity contribution is -0.137. The molecule has 0 spiro atoms. The normalized spacial score (nSPS) is 15.8. The lowest BCUT2D eigenvalue weighted by Crippen LogP contribution is -2.25. The molecule has 5 nitrogen and oxygen atoms in total. The largest absolute Gasteiger partial charge is 0.416 e. The first-order valence-corrected chi connectivity index (χ1v) is 8.40. The van der Waals surface area contributed by atoms with Crippen LogP contribution in [0.1, 0.15) is 31.2 Å². The van der Waals surface area contributed by atoms with Crippen molar-refractivity contribution in [2.24, 2.45) is 0 Å². The Kier molecular flexibility index (Phi) is 5.27. The summed E-state index contributed by atoms with van der Waals surface area (Å²) in [5.41, 5.74) is -0.706. The van der Waals surface area contributed by atoms with Gasteiger partial charge in [0, 0.05) is 13.1 Å². The minimum Gasteiger partial charge on any atom is -0.355 e. The van der Waals surface area contributed by atoms with Crippen LogP contribution in [0.5, 0.6) is 0 Å². The quantitative estimate of drug-likeness (QED) is 0.849. The van der Waals surface area contributed by atoms with Crippen LogP contribution in [-0.2, 0) is 6.18 Å². The molecule has 0 unspecified atom stereocenters. The van der Waals surface area contributed by atoms with E-state index in [1.165, 1.54) is 18.9 Å². The van der Waals surface area contributed by atoms with E-state index >= 15 is 0 Å². The molecule has 0 amide bonds. The second-order valence-electron chi connectivity index (χ2n) is 5.86. The Hall–Kier alpha value is -2.09. The van der Waals surface area contributed by atoms with E-state index in [0.29, 0.717) is 5.82 Å². The minimum absolute atomic E-state index is 0.0892. The molecule has 1 aliphatic heterocycles. The third kappa shape index (κ3) is 4.50. The van der Waals surface area contributed by atoms with E-state index in [2.05, 4.69) is 25.4 Å². The van der Waals surface area contributed by atoms with Gasteiger partial charge in [0.25, 0.3) is 0 Å². The summed E-state index contributed by atoms with van der Waals surface area (Å²) in [5.74, 6) is 0.769. The first kappa shape index (κ1) is 17.7. The van der Waals surface area contributed by atoms with Crippen molar-refractivity contribution < 1.29 is 13.2 Å². The molecule has 25 heavy (non-hydrogen) atoms. The first-order valence-electron chi connectivity index (χ1n) is 8.02. The van der Waals surface area contributed by atoms with Gasteiger partial charge in [-0.3, -0.25) is 0 Å². The smallest absolute Gasteiger partial charge is 0.355 e. The lowest BCUT2D eigenvalue weighted by atomic mass is 10.2. The summed E-state index contributed by atoms with van der Waals surface area (Å²) >= 11 is 5.99. The molecule has 2 aromatic rings. The maximum absolute atomic E-state index is 12.9. The average Bonchev–Trinajstić information content (AvgIpc) is 2.85. The van der Waals surface area contributed by atoms with Crippen molar-refractivity contribution in [1.29, 1.82) is 0 Å². The molecule has 3 rings (SSSR count). The van der Waals surface area contributed by atoms with Crippen LogP contribution >= 0.6 is 11.6 Å². The number of hydrogen-bond acceptors (Lipinski definition) is 5. The molecule has 0 bridgehead atoms. The molecule has 1 fully saturated rings. The fourth-order valence-corrected chi connectivity index (χ4v) is 2.88. The van der Waals surface area contributed by atoms with Crippen molar-refractivity contribution in [3.8, 4) is 0 Å². The van der Waals surface area contributed by atoms with Crippen molar-refractivity contribution in [1.82, 2.24) is 15.2 Å². The van der Waals surface area contributed by atoms with Crippen LogP contribution in [0.2, 0.25) is 5.02 Å². The second-order valence-corrected chi connectivity index (χ2v) is 6.26. The predicted molar refractivity (Wildman–Crippen MR) is 90.2 cm³/mol. The maximum Gasteiger partial charge on any atom is 0.416 e. The Balaban J connectivity index is 1.82. The van der Waals surface area contributed by atoms with E-state index in [9.17, 15) is 13.2 Å². The number of nitrogens with zero attached hydrogens (tertiary/aromatic N) is 4. The van der Waals surface area contributed by atoms with Gasteiger partial charge in [-0.25, -0.2) is 0 Å². The molecule has 1 aromatic carbocycles. The second kappa shape index (κ2) is 7.43. The molecule has 0 radical (unpaired) electrons. The summed E-state index contributed by atoms with van der Waals surface area (Å²) in [4.78, 5) is 6.48.